The summed E-state index contributed by atoms with van der Waals surface area (Å²) in [6, 6.07) is 7.97. The van der Waals surface area contributed by atoms with Crippen LogP contribution in [0.1, 0.15) is 16.7 Å². The molecule has 1 saturated heterocycles. The van der Waals surface area contributed by atoms with E-state index in [0.717, 1.165) is 27.3 Å². The number of amides is 1. The van der Waals surface area contributed by atoms with E-state index < -0.39 is 32.5 Å². The summed E-state index contributed by atoms with van der Waals surface area (Å²) in [5, 5.41) is 2.62. The van der Waals surface area contributed by atoms with Crippen LogP contribution in [0.3, 0.4) is 0 Å². The molecule has 192 valence electrons. The molecule has 3 rings (SSSR count). The SMILES string of the molecule is COc1ccc(NC(=O)CN(c2c(C)cc(C)cc2C)S(C)(=O)=O)cc1S(=O)(=O)N1CCOCC1. The van der Waals surface area contributed by atoms with Gasteiger partial charge in [-0.2, -0.15) is 4.31 Å². The molecule has 0 atom stereocenters. The van der Waals surface area contributed by atoms with Crippen LogP contribution in [-0.2, 0) is 29.6 Å². The zero-order chi connectivity index (χ0) is 26.0. The van der Waals surface area contributed by atoms with E-state index in [4.69, 9.17) is 9.47 Å². The van der Waals surface area contributed by atoms with Crippen molar-refractivity contribution in [3.63, 3.8) is 0 Å². The molecular formula is C23H31N3O7S2. The van der Waals surface area contributed by atoms with E-state index in [1.165, 1.54) is 29.6 Å². The van der Waals surface area contributed by atoms with Crippen molar-refractivity contribution in [2.24, 2.45) is 0 Å². The predicted octanol–water partition coefficient (Wildman–Crippen LogP) is 2.05. The van der Waals surface area contributed by atoms with Crippen LogP contribution < -0.4 is 14.4 Å². The second-order valence-corrected chi connectivity index (χ2v) is 12.3. The summed E-state index contributed by atoms with van der Waals surface area (Å²) in [4.78, 5) is 12.8. The second-order valence-electron chi connectivity index (χ2n) is 8.45. The number of aryl methyl sites for hydroxylation is 3. The third-order valence-electron chi connectivity index (χ3n) is 5.61. The van der Waals surface area contributed by atoms with Crippen molar-refractivity contribution in [1.29, 1.82) is 0 Å². The molecule has 1 aliphatic heterocycles. The summed E-state index contributed by atoms with van der Waals surface area (Å²) in [6.07, 6.45) is 1.04. The van der Waals surface area contributed by atoms with E-state index in [1.807, 2.05) is 19.1 Å². The number of nitrogens with zero attached hydrogens (tertiary/aromatic N) is 2. The Bertz CT molecular complexity index is 1300. The van der Waals surface area contributed by atoms with Crippen LogP contribution in [0.25, 0.3) is 0 Å². The number of methoxy groups -OCH3 is 1. The maximum atomic E-state index is 13.2. The Balaban J connectivity index is 1.90. The topological polar surface area (TPSA) is 122 Å². The summed E-state index contributed by atoms with van der Waals surface area (Å²) in [5.41, 5.74) is 3.08. The Kier molecular flexibility index (Phi) is 8.10. The van der Waals surface area contributed by atoms with Crippen molar-refractivity contribution < 1.29 is 31.1 Å². The van der Waals surface area contributed by atoms with Gasteiger partial charge in [-0.25, -0.2) is 16.8 Å². The fourth-order valence-electron chi connectivity index (χ4n) is 4.14. The van der Waals surface area contributed by atoms with E-state index in [0.29, 0.717) is 5.69 Å². The monoisotopic (exact) mass is 525 g/mol. The van der Waals surface area contributed by atoms with Crippen molar-refractivity contribution in [3.05, 3.63) is 47.0 Å². The van der Waals surface area contributed by atoms with E-state index in [1.54, 1.807) is 13.8 Å². The quantitative estimate of drug-likeness (QED) is 0.560. The molecule has 0 radical (unpaired) electrons. The average Bonchev–Trinajstić information content (AvgIpc) is 2.77. The van der Waals surface area contributed by atoms with Crippen LogP contribution >= 0.6 is 0 Å². The van der Waals surface area contributed by atoms with Crippen LogP contribution in [0, 0.1) is 20.8 Å². The van der Waals surface area contributed by atoms with Gasteiger partial charge in [0.1, 0.15) is 17.2 Å². The molecule has 12 heteroatoms. The number of sulfonamides is 2. The van der Waals surface area contributed by atoms with Crippen molar-refractivity contribution in [3.8, 4) is 5.75 Å². The zero-order valence-electron chi connectivity index (χ0n) is 20.5. The highest BCUT2D eigenvalue weighted by atomic mass is 32.2. The third kappa shape index (κ3) is 6.13. The molecule has 2 aromatic rings. The lowest BCUT2D eigenvalue weighted by atomic mass is 10.1. The normalized spacial score (nSPS) is 15.0. The number of carbonyl (C=O) groups excluding carboxylic acids is 1. The summed E-state index contributed by atoms with van der Waals surface area (Å²) < 4.78 is 64.4. The molecule has 1 aliphatic rings. The minimum Gasteiger partial charge on any atom is -0.495 e. The molecule has 1 heterocycles. The molecule has 35 heavy (non-hydrogen) atoms. The number of ether oxygens (including phenoxy) is 2. The predicted molar refractivity (Wildman–Crippen MR) is 134 cm³/mol. The Hall–Kier alpha value is -2.67. The number of anilines is 2. The van der Waals surface area contributed by atoms with Gasteiger partial charge in [0.05, 0.1) is 32.3 Å². The number of benzene rings is 2. The fourth-order valence-corrected chi connectivity index (χ4v) is 6.70. The van der Waals surface area contributed by atoms with Crippen molar-refractivity contribution in [2.45, 2.75) is 25.7 Å². The summed E-state index contributed by atoms with van der Waals surface area (Å²) in [7, 11) is -6.32. The summed E-state index contributed by atoms with van der Waals surface area (Å²) in [6.45, 7) is 6.01. The largest absolute Gasteiger partial charge is 0.495 e. The van der Waals surface area contributed by atoms with Crippen LogP contribution in [0.15, 0.2) is 35.2 Å². The number of hydrogen-bond acceptors (Lipinski definition) is 7. The molecule has 2 aromatic carbocycles. The number of hydrogen-bond donors (Lipinski definition) is 1. The lowest BCUT2D eigenvalue weighted by molar-refractivity contribution is -0.114. The minimum absolute atomic E-state index is 0.0927. The third-order valence-corrected chi connectivity index (χ3v) is 8.64. The van der Waals surface area contributed by atoms with Gasteiger partial charge in [0.15, 0.2) is 0 Å². The maximum Gasteiger partial charge on any atom is 0.246 e. The number of nitrogens with one attached hydrogen (secondary N) is 1. The van der Waals surface area contributed by atoms with Crippen molar-refractivity contribution in [1.82, 2.24) is 4.31 Å². The van der Waals surface area contributed by atoms with Gasteiger partial charge in [-0.3, -0.25) is 9.10 Å². The lowest BCUT2D eigenvalue weighted by Crippen LogP contribution is -2.40. The molecule has 1 amide bonds. The number of morpholine rings is 1. The highest BCUT2D eigenvalue weighted by Crippen LogP contribution is 2.31. The molecule has 0 aromatic heterocycles. The van der Waals surface area contributed by atoms with Crippen molar-refractivity contribution >= 4 is 37.3 Å². The first-order valence-corrected chi connectivity index (χ1v) is 14.2. The first kappa shape index (κ1) is 26.9. The van der Waals surface area contributed by atoms with Crippen molar-refractivity contribution in [2.75, 3.05) is 55.8 Å². The van der Waals surface area contributed by atoms with E-state index in [2.05, 4.69) is 5.32 Å². The van der Waals surface area contributed by atoms with Gasteiger partial charge in [0, 0.05) is 18.8 Å². The zero-order valence-corrected chi connectivity index (χ0v) is 22.1. The number of carbonyl (C=O) groups is 1. The molecule has 0 spiro atoms. The highest BCUT2D eigenvalue weighted by Gasteiger charge is 2.30. The van der Waals surface area contributed by atoms with Crippen LogP contribution in [0.5, 0.6) is 5.75 Å². The first-order valence-electron chi connectivity index (χ1n) is 11.0. The molecule has 0 unspecified atom stereocenters. The molecule has 0 aliphatic carbocycles. The molecule has 0 bridgehead atoms. The smallest absolute Gasteiger partial charge is 0.246 e. The van der Waals surface area contributed by atoms with Gasteiger partial charge in [0.2, 0.25) is 26.0 Å². The summed E-state index contributed by atoms with van der Waals surface area (Å²) >= 11 is 0. The molecule has 10 nitrogen and oxygen atoms in total. The van der Waals surface area contributed by atoms with Gasteiger partial charge >= 0.3 is 0 Å². The Labute approximate surface area is 206 Å². The average molecular weight is 526 g/mol. The van der Waals surface area contributed by atoms with E-state index in [9.17, 15) is 21.6 Å². The van der Waals surface area contributed by atoms with E-state index >= 15 is 0 Å². The standard InChI is InChI=1S/C23H31N3O7S2/c1-16-12-17(2)23(18(3)13-16)26(34(5,28)29)15-22(27)24-19-6-7-20(32-4)21(14-19)35(30,31)25-8-10-33-11-9-25/h6-7,12-14H,8-11,15H2,1-5H3,(H,24,27). The molecule has 1 N–H and O–H groups in total. The second kappa shape index (κ2) is 10.5. The van der Waals surface area contributed by atoms with E-state index in [-0.39, 0.29) is 42.6 Å². The summed E-state index contributed by atoms with van der Waals surface area (Å²) in [5.74, 6) is -0.479. The molecule has 0 saturated carbocycles. The van der Waals surface area contributed by atoms with Crippen LogP contribution in [0.2, 0.25) is 0 Å². The van der Waals surface area contributed by atoms with Gasteiger partial charge in [-0.05, 0) is 50.1 Å². The highest BCUT2D eigenvalue weighted by molar-refractivity contribution is 7.92. The maximum absolute atomic E-state index is 13.2. The van der Waals surface area contributed by atoms with Gasteiger partial charge in [0.25, 0.3) is 0 Å². The van der Waals surface area contributed by atoms with Gasteiger partial charge in [-0.1, -0.05) is 17.7 Å². The fraction of sp³-hybridized carbons (Fsp3) is 0.435. The minimum atomic E-state index is -3.90. The molecule has 1 fully saturated rings. The Morgan fingerprint density at radius 2 is 1.66 bits per heavy atom. The van der Waals surface area contributed by atoms with Gasteiger partial charge in [-0.15, -0.1) is 0 Å². The first-order chi connectivity index (χ1) is 16.3. The number of rotatable bonds is 8. The van der Waals surface area contributed by atoms with Crippen LogP contribution in [0.4, 0.5) is 11.4 Å². The Morgan fingerprint density at radius 1 is 1.06 bits per heavy atom. The van der Waals surface area contributed by atoms with Gasteiger partial charge < -0.3 is 14.8 Å². The Morgan fingerprint density at radius 3 is 2.20 bits per heavy atom. The van der Waals surface area contributed by atoms with Crippen LogP contribution in [-0.4, -0.2) is 73.3 Å². The lowest BCUT2D eigenvalue weighted by Gasteiger charge is -2.27. The molecular weight excluding hydrogens is 494 g/mol.